The number of imide groups is 1. The van der Waals surface area contributed by atoms with E-state index in [0.29, 0.717) is 16.8 Å². The van der Waals surface area contributed by atoms with Crippen LogP contribution in [-0.4, -0.2) is 31.2 Å². The molecule has 2 amide bonds. The number of rotatable bonds is 5. The van der Waals surface area contributed by atoms with Gasteiger partial charge in [0.1, 0.15) is 0 Å². The number of carbonyl (C=O) groups excluding carboxylic acids is 3. The molecule has 3 atom stereocenters. The summed E-state index contributed by atoms with van der Waals surface area (Å²) >= 11 is 0. The van der Waals surface area contributed by atoms with Crippen LogP contribution in [0.4, 0.5) is 10.5 Å². The van der Waals surface area contributed by atoms with Gasteiger partial charge in [0.05, 0.1) is 24.3 Å². The Kier molecular flexibility index (Phi) is 6.18. The van der Waals surface area contributed by atoms with Crippen LogP contribution < -0.4 is 4.90 Å². The second-order valence-corrected chi connectivity index (χ2v) is 8.80. The van der Waals surface area contributed by atoms with Crippen molar-refractivity contribution in [3.63, 3.8) is 0 Å². The molecule has 2 aliphatic rings. The van der Waals surface area contributed by atoms with Crippen LogP contribution in [0.3, 0.4) is 0 Å². The minimum atomic E-state index is -1.28. The van der Waals surface area contributed by atoms with E-state index in [9.17, 15) is 14.4 Å². The first kappa shape index (κ1) is 23.5. The van der Waals surface area contributed by atoms with Crippen LogP contribution >= 0.6 is 0 Å². The second kappa shape index (κ2) is 9.46. The van der Waals surface area contributed by atoms with Gasteiger partial charge < -0.3 is 9.47 Å². The highest BCUT2D eigenvalue weighted by Gasteiger charge is 2.65. The number of para-hydroxylation sites is 1. The average molecular weight is 482 g/mol. The predicted molar refractivity (Wildman–Crippen MR) is 136 cm³/mol. The van der Waals surface area contributed by atoms with Crippen LogP contribution in [0, 0.1) is 0 Å². The standard InChI is InChI=1S/C30H27NO5/c1-3-35-27(32)22-19-24(20-13-7-5-8-14-20)30(26(22)21-15-9-6-10-16-21)23-17-11-12-18-25(23)31(28(30)33)29(34)36-4-2/h5-19,24,26H,3-4H2,1-2H3/t24-,26-,30-/m0/s1. The van der Waals surface area contributed by atoms with Gasteiger partial charge in [0, 0.05) is 17.4 Å². The van der Waals surface area contributed by atoms with Gasteiger partial charge >= 0.3 is 12.1 Å². The van der Waals surface area contributed by atoms with E-state index in [-0.39, 0.29) is 13.2 Å². The Morgan fingerprint density at radius 1 is 0.806 bits per heavy atom. The third-order valence-corrected chi connectivity index (χ3v) is 7.00. The van der Waals surface area contributed by atoms with Gasteiger partial charge in [0.2, 0.25) is 5.91 Å². The van der Waals surface area contributed by atoms with Crippen molar-refractivity contribution in [3.05, 3.63) is 113 Å². The van der Waals surface area contributed by atoms with Crippen LogP contribution in [-0.2, 0) is 24.5 Å². The summed E-state index contributed by atoms with van der Waals surface area (Å²) in [5.41, 5.74) is 1.94. The summed E-state index contributed by atoms with van der Waals surface area (Å²) in [6.45, 7) is 3.80. The minimum Gasteiger partial charge on any atom is -0.463 e. The van der Waals surface area contributed by atoms with Gasteiger partial charge in [0.15, 0.2) is 0 Å². The summed E-state index contributed by atoms with van der Waals surface area (Å²) < 4.78 is 10.8. The third-order valence-electron chi connectivity index (χ3n) is 7.00. The van der Waals surface area contributed by atoms with Crippen LogP contribution in [0.1, 0.15) is 42.4 Å². The fourth-order valence-corrected chi connectivity index (χ4v) is 5.72. The number of allylic oxidation sites excluding steroid dienone is 1. The predicted octanol–water partition coefficient (Wildman–Crippen LogP) is 5.50. The lowest BCUT2D eigenvalue weighted by Gasteiger charge is -2.37. The molecule has 1 heterocycles. The quantitative estimate of drug-likeness (QED) is 0.450. The molecule has 6 nitrogen and oxygen atoms in total. The summed E-state index contributed by atoms with van der Waals surface area (Å²) in [5, 5.41) is 0. The van der Waals surface area contributed by atoms with Crippen LogP contribution in [0.25, 0.3) is 0 Å². The maximum absolute atomic E-state index is 14.6. The molecule has 0 N–H and O–H groups in total. The van der Waals surface area contributed by atoms with E-state index in [1.54, 1.807) is 26.0 Å². The molecule has 0 saturated heterocycles. The lowest BCUT2D eigenvalue weighted by atomic mass is 9.62. The van der Waals surface area contributed by atoms with E-state index >= 15 is 0 Å². The van der Waals surface area contributed by atoms with Crippen molar-refractivity contribution in [1.82, 2.24) is 0 Å². The molecule has 6 heteroatoms. The molecular formula is C30H27NO5. The van der Waals surface area contributed by atoms with Crippen LogP contribution in [0.5, 0.6) is 0 Å². The van der Waals surface area contributed by atoms with E-state index in [0.717, 1.165) is 16.0 Å². The Labute approximate surface area is 210 Å². The summed E-state index contributed by atoms with van der Waals surface area (Å²) in [6, 6.07) is 26.4. The largest absolute Gasteiger partial charge is 0.463 e. The topological polar surface area (TPSA) is 72.9 Å². The SMILES string of the molecule is CCOC(=O)C1=C[C@@H](c2ccccc2)[C@]2(C(=O)N(C(=O)OCC)c3ccccc32)[C@H]1c1ccccc1. The molecule has 1 aliphatic carbocycles. The Hall–Kier alpha value is -4.19. The van der Waals surface area contributed by atoms with Crippen molar-refractivity contribution in [1.29, 1.82) is 0 Å². The number of hydrogen-bond acceptors (Lipinski definition) is 5. The molecule has 5 rings (SSSR count). The van der Waals surface area contributed by atoms with Crippen molar-refractivity contribution in [2.75, 3.05) is 18.1 Å². The lowest BCUT2D eigenvalue weighted by Crippen LogP contribution is -2.48. The van der Waals surface area contributed by atoms with E-state index < -0.39 is 35.2 Å². The van der Waals surface area contributed by atoms with Gasteiger partial charge in [-0.05, 0) is 36.6 Å². The van der Waals surface area contributed by atoms with Crippen molar-refractivity contribution >= 4 is 23.7 Å². The molecule has 0 aromatic heterocycles. The van der Waals surface area contributed by atoms with Crippen LogP contribution in [0.2, 0.25) is 0 Å². The first-order valence-electron chi connectivity index (χ1n) is 12.1. The van der Waals surface area contributed by atoms with Crippen molar-refractivity contribution in [2.24, 2.45) is 0 Å². The highest BCUT2D eigenvalue weighted by molar-refractivity contribution is 6.23. The maximum Gasteiger partial charge on any atom is 0.421 e. The number of fused-ring (bicyclic) bond motifs is 2. The van der Waals surface area contributed by atoms with Crippen molar-refractivity contribution < 1.29 is 23.9 Å². The zero-order chi connectivity index (χ0) is 25.3. The molecule has 0 unspecified atom stereocenters. The van der Waals surface area contributed by atoms with Crippen molar-refractivity contribution in [3.8, 4) is 0 Å². The number of carbonyl (C=O) groups is 3. The average Bonchev–Trinajstić information content (AvgIpc) is 3.39. The van der Waals surface area contributed by atoms with Gasteiger partial charge in [-0.1, -0.05) is 84.9 Å². The highest BCUT2D eigenvalue weighted by atomic mass is 16.6. The molecular weight excluding hydrogens is 454 g/mol. The zero-order valence-corrected chi connectivity index (χ0v) is 20.2. The third kappa shape index (κ3) is 3.44. The van der Waals surface area contributed by atoms with E-state index in [4.69, 9.17) is 9.47 Å². The lowest BCUT2D eigenvalue weighted by molar-refractivity contribution is -0.138. The zero-order valence-electron chi connectivity index (χ0n) is 20.2. The van der Waals surface area contributed by atoms with Gasteiger partial charge in [0.25, 0.3) is 0 Å². The highest BCUT2D eigenvalue weighted by Crippen LogP contribution is 2.63. The Morgan fingerprint density at radius 2 is 1.39 bits per heavy atom. The minimum absolute atomic E-state index is 0.133. The van der Waals surface area contributed by atoms with Crippen molar-refractivity contribution in [2.45, 2.75) is 31.1 Å². The number of nitrogens with zero attached hydrogens (tertiary/aromatic N) is 1. The molecule has 0 fully saturated rings. The molecule has 0 radical (unpaired) electrons. The fourth-order valence-electron chi connectivity index (χ4n) is 5.72. The summed E-state index contributed by atoms with van der Waals surface area (Å²) in [7, 11) is 0. The molecule has 1 spiro atoms. The van der Waals surface area contributed by atoms with E-state index in [2.05, 4.69) is 0 Å². The monoisotopic (exact) mass is 481 g/mol. The maximum atomic E-state index is 14.6. The Morgan fingerprint density at radius 3 is 2.03 bits per heavy atom. The van der Waals surface area contributed by atoms with Gasteiger partial charge in [-0.3, -0.25) is 4.79 Å². The van der Waals surface area contributed by atoms with Gasteiger partial charge in [-0.25, -0.2) is 14.5 Å². The van der Waals surface area contributed by atoms with Crippen LogP contribution in [0.15, 0.2) is 96.6 Å². The molecule has 3 aromatic rings. The number of esters is 1. The molecule has 1 aliphatic heterocycles. The Bertz CT molecular complexity index is 1330. The normalized spacial score (nSPS) is 22.3. The first-order chi connectivity index (χ1) is 17.6. The molecule has 182 valence electrons. The smallest absolute Gasteiger partial charge is 0.421 e. The first-order valence-corrected chi connectivity index (χ1v) is 12.1. The van der Waals surface area contributed by atoms with E-state index in [1.807, 2.05) is 78.9 Å². The summed E-state index contributed by atoms with van der Waals surface area (Å²) in [6.07, 6.45) is 1.13. The Balaban J connectivity index is 1.84. The molecule has 0 saturated carbocycles. The number of anilines is 1. The number of amides is 2. The fraction of sp³-hybridized carbons (Fsp3) is 0.233. The summed E-state index contributed by atoms with van der Waals surface area (Å²) in [4.78, 5) is 42.3. The summed E-state index contributed by atoms with van der Waals surface area (Å²) in [5.74, 6) is -2.07. The number of ether oxygens (including phenoxy) is 2. The number of hydrogen-bond donors (Lipinski definition) is 0. The van der Waals surface area contributed by atoms with E-state index in [1.165, 1.54) is 0 Å². The molecule has 36 heavy (non-hydrogen) atoms. The molecule has 3 aromatic carbocycles. The number of benzene rings is 3. The van der Waals surface area contributed by atoms with Gasteiger partial charge in [-0.15, -0.1) is 0 Å². The van der Waals surface area contributed by atoms with Gasteiger partial charge in [-0.2, -0.15) is 0 Å². The second-order valence-electron chi connectivity index (χ2n) is 8.80. The molecule has 0 bridgehead atoms.